The number of hydrogen-bond donors (Lipinski definition) is 3. The minimum atomic E-state index is -1.75. The summed E-state index contributed by atoms with van der Waals surface area (Å²) >= 11 is 0. The third kappa shape index (κ3) is 8.25. The lowest BCUT2D eigenvalue weighted by Crippen LogP contribution is -2.57. The first kappa shape index (κ1) is 44.4. The highest BCUT2D eigenvalue weighted by molar-refractivity contribution is 5.86. The van der Waals surface area contributed by atoms with Crippen molar-refractivity contribution in [3.05, 3.63) is 23.8 Å². The largest absolute Gasteiger partial charge is 0.456 e. The van der Waals surface area contributed by atoms with Crippen LogP contribution in [0.15, 0.2) is 23.8 Å². The van der Waals surface area contributed by atoms with Gasteiger partial charge in [0.25, 0.3) is 0 Å². The van der Waals surface area contributed by atoms with Gasteiger partial charge in [0.2, 0.25) is 0 Å². The maximum absolute atomic E-state index is 14.1. The van der Waals surface area contributed by atoms with Crippen LogP contribution in [0.1, 0.15) is 138 Å². The van der Waals surface area contributed by atoms with E-state index in [9.17, 15) is 24.9 Å². The van der Waals surface area contributed by atoms with Gasteiger partial charge in [0.05, 0.1) is 42.0 Å². The van der Waals surface area contributed by atoms with E-state index in [0.717, 1.165) is 44.1 Å². The Morgan fingerprint density at radius 1 is 0.787 bits per heavy atom. The Kier molecular flexibility index (Phi) is 11.6. The van der Waals surface area contributed by atoms with E-state index in [1.165, 1.54) is 0 Å². The first-order valence-corrected chi connectivity index (χ1v) is 23.3. The molecule has 14 nitrogen and oxygen atoms in total. The van der Waals surface area contributed by atoms with Crippen LogP contribution in [0.3, 0.4) is 0 Å². The molecule has 8 fully saturated rings. The van der Waals surface area contributed by atoms with Gasteiger partial charge in [-0.3, -0.25) is 9.59 Å². The second kappa shape index (κ2) is 16.0. The molecule has 0 aromatic heterocycles. The van der Waals surface area contributed by atoms with Crippen LogP contribution in [0.25, 0.3) is 0 Å². The minimum Gasteiger partial charge on any atom is -0.456 e. The van der Waals surface area contributed by atoms with Crippen LogP contribution in [-0.2, 0) is 52.2 Å². The molecule has 9 aliphatic heterocycles. The normalized spacial score (nSPS) is 55.7. The smallest absolute Gasteiger partial charge is 0.311 e. The van der Waals surface area contributed by atoms with Gasteiger partial charge >= 0.3 is 5.97 Å². The number of aliphatic hydroxyl groups is 3. The predicted octanol–water partition coefficient (Wildman–Crippen LogP) is 5.25. The molecule has 0 amide bonds. The van der Waals surface area contributed by atoms with Gasteiger partial charge in [0, 0.05) is 38.5 Å². The molecule has 2 spiro atoms. The molecule has 9 rings (SSSR count). The molecule has 10 bridgehead atoms. The highest BCUT2D eigenvalue weighted by Gasteiger charge is 2.65. The van der Waals surface area contributed by atoms with E-state index < -0.39 is 101 Å². The third-order valence-electron chi connectivity index (χ3n) is 15.8. The average Bonchev–Trinajstić information content (AvgIpc) is 3.99. The standard InChI is InChI=1S/C47H70O14/c1-26-10-11-32-38(36(49)40(54-32)46(52)23-27(2)14-20-53-46)55-41(51)29(4)31-9-8-15-45(56-31)17-12-33(57-45)39(50)44(7)24-30(48)37(60-44)34-25-43(6)18-19-47(58-34,61-43)35-13-16-42(5,59-35)22-28(3)21-26/h10-11,21,27-29,31-40,49-50,52H,8-9,12-20,22-25H2,1-7H3/b11-10+,26-21+/t27-,28+,29-,31+,32?,33?,34-,35-,36+,37?,38+,39+,40?,42-,43?,44-,45+,46+,47+/m1/s1. The van der Waals surface area contributed by atoms with E-state index in [-0.39, 0.29) is 36.6 Å². The summed E-state index contributed by atoms with van der Waals surface area (Å²) in [5.74, 6) is -4.93. The summed E-state index contributed by atoms with van der Waals surface area (Å²) in [5.41, 5.74) is -1.23. The van der Waals surface area contributed by atoms with Crippen molar-refractivity contribution in [3.63, 3.8) is 0 Å². The third-order valence-corrected chi connectivity index (χ3v) is 15.8. The second-order valence-electron chi connectivity index (χ2n) is 21.4. The molecule has 19 atom stereocenters. The Balaban J connectivity index is 1.01. The SMILES string of the molecule is CC1=C\[C@H](C)C[C@@]2(C)CC[C@@H](O2)[C@@]23CCC(C)(C[C@@H](O2)C2O[C@](C)(CC2=O)[C@@H](O)C2CC[C@]4(CCC[C@H](O4)[C@@H](C)C(=O)O[C@H]4C(\C=C\1)OC([C@]1(O)C[C@H](C)CCO1)[C@H]4O)O2)O3. The van der Waals surface area contributed by atoms with Gasteiger partial charge in [0.15, 0.2) is 29.2 Å². The molecule has 0 aliphatic carbocycles. The summed E-state index contributed by atoms with van der Waals surface area (Å²) < 4.78 is 58.9. The number of carbonyl (C=O) groups excluding carboxylic acids is 2. The van der Waals surface area contributed by atoms with Crippen LogP contribution >= 0.6 is 0 Å². The zero-order valence-electron chi connectivity index (χ0n) is 37.2. The number of carbonyl (C=O) groups is 2. The van der Waals surface area contributed by atoms with Crippen molar-refractivity contribution in [3.8, 4) is 0 Å². The van der Waals surface area contributed by atoms with Gasteiger partial charge in [0.1, 0.15) is 42.2 Å². The van der Waals surface area contributed by atoms with Crippen molar-refractivity contribution in [2.45, 2.75) is 234 Å². The molecular formula is C47H70O14. The highest BCUT2D eigenvalue weighted by Crippen LogP contribution is 2.55. The molecule has 61 heavy (non-hydrogen) atoms. The Morgan fingerprint density at radius 3 is 2.36 bits per heavy atom. The molecule has 5 unspecified atom stereocenters. The van der Waals surface area contributed by atoms with Crippen LogP contribution in [0.4, 0.5) is 0 Å². The number of ketones is 1. The summed E-state index contributed by atoms with van der Waals surface area (Å²) in [6.07, 6.45) is 5.41. The lowest BCUT2D eigenvalue weighted by atomic mass is 9.88. The number of ether oxygens (including phenoxy) is 9. The predicted molar refractivity (Wildman–Crippen MR) is 218 cm³/mol. The van der Waals surface area contributed by atoms with Crippen molar-refractivity contribution in [2.24, 2.45) is 17.8 Å². The molecule has 3 N–H and O–H groups in total. The van der Waals surface area contributed by atoms with E-state index in [1.54, 1.807) is 19.9 Å². The van der Waals surface area contributed by atoms with Crippen LogP contribution in [-0.4, -0.2) is 129 Å². The lowest BCUT2D eigenvalue weighted by Gasteiger charge is -2.47. The fourth-order valence-electron chi connectivity index (χ4n) is 12.5. The number of Topliss-reactive ketones (excluding diaryl/α,β-unsaturated/α-hetero) is 1. The van der Waals surface area contributed by atoms with Crippen molar-refractivity contribution >= 4 is 11.8 Å². The Hall–Kier alpha value is -1.82. The molecule has 0 radical (unpaired) electrons. The van der Waals surface area contributed by atoms with E-state index >= 15 is 0 Å². The monoisotopic (exact) mass is 858 g/mol. The molecular weight excluding hydrogens is 789 g/mol. The van der Waals surface area contributed by atoms with Crippen LogP contribution < -0.4 is 0 Å². The summed E-state index contributed by atoms with van der Waals surface area (Å²) in [6, 6.07) is 0. The van der Waals surface area contributed by atoms with E-state index in [1.807, 2.05) is 19.9 Å². The minimum absolute atomic E-state index is 0.0152. The number of allylic oxidation sites excluding steroid dienone is 3. The molecule has 342 valence electrons. The molecule has 14 heteroatoms. The number of esters is 1. The van der Waals surface area contributed by atoms with Gasteiger partial charge < -0.3 is 58.0 Å². The second-order valence-corrected chi connectivity index (χ2v) is 21.4. The molecule has 0 saturated carbocycles. The quantitative estimate of drug-likeness (QED) is 0.291. The molecule has 0 aromatic rings. The maximum Gasteiger partial charge on any atom is 0.311 e. The van der Waals surface area contributed by atoms with E-state index in [4.69, 9.17) is 42.6 Å². The number of rotatable bonds is 1. The summed E-state index contributed by atoms with van der Waals surface area (Å²) in [6.45, 7) is 14.3. The number of aliphatic hydroxyl groups excluding tert-OH is 2. The van der Waals surface area contributed by atoms with Gasteiger partial charge in [-0.2, -0.15) is 0 Å². The van der Waals surface area contributed by atoms with Crippen molar-refractivity contribution < 1.29 is 67.5 Å². The first-order chi connectivity index (χ1) is 28.7. The van der Waals surface area contributed by atoms with Crippen molar-refractivity contribution in [1.82, 2.24) is 0 Å². The summed E-state index contributed by atoms with van der Waals surface area (Å²) in [4.78, 5) is 28.0. The maximum atomic E-state index is 14.1. The molecule has 8 saturated heterocycles. The lowest BCUT2D eigenvalue weighted by molar-refractivity contribution is -0.359. The van der Waals surface area contributed by atoms with Crippen molar-refractivity contribution in [2.75, 3.05) is 6.61 Å². The number of fused-ring (bicyclic) bond motifs is 10. The molecule has 9 heterocycles. The first-order valence-electron chi connectivity index (χ1n) is 23.3. The Labute approximate surface area is 360 Å². The van der Waals surface area contributed by atoms with E-state index in [2.05, 4.69) is 26.8 Å². The topological polar surface area (TPSA) is 178 Å². The van der Waals surface area contributed by atoms with Crippen LogP contribution in [0, 0.1) is 17.8 Å². The van der Waals surface area contributed by atoms with E-state index in [0.29, 0.717) is 45.1 Å². The zero-order valence-corrected chi connectivity index (χ0v) is 37.2. The van der Waals surface area contributed by atoms with Crippen molar-refractivity contribution in [1.29, 1.82) is 0 Å². The Morgan fingerprint density at radius 2 is 1.57 bits per heavy atom. The molecule has 0 aromatic carbocycles. The fourth-order valence-corrected chi connectivity index (χ4v) is 12.5. The number of hydrogen-bond acceptors (Lipinski definition) is 14. The molecule has 9 aliphatic rings. The average molecular weight is 859 g/mol. The zero-order chi connectivity index (χ0) is 43.3. The van der Waals surface area contributed by atoms with Gasteiger partial charge in [-0.15, -0.1) is 0 Å². The summed E-state index contributed by atoms with van der Waals surface area (Å²) in [5, 5.41) is 35.4. The van der Waals surface area contributed by atoms with Gasteiger partial charge in [-0.1, -0.05) is 37.6 Å². The van der Waals surface area contributed by atoms with Crippen LogP contribution in [0.5, 0.6) is 0 Å². The fraction of sp³-hybridized carbons (Fsp3) is 0.872. The summed E-state index contributed by atoms with van der Waals surface area (Å²) in [7, 11) is 0. The van der Waals surface area contributed by atoms with Gasteiger partial charge in [-0.25, -0.2) is 0 Å². The highest BCUT2D eigenvalue weighted by atomic mass is 16.8. The van der Waals surface area contributed by atoms with Gasteiger partial charge in [-0.05, 0) is 97.8 Å². The van der Waals surface area contributed by atoms with Crippen LogP contribution in [0.2, 0.25) is 0 Å². The Bertz CT molecular complexity index is 1750.